The third-order valence-corrected chi connectivity index (χ3v) is 4.74. The van der Waals surface area contributed by atoms with E-state index in [-0.39, 0.29) is 5.91 Å². The van der Waals surface area contributed by atoms with E-state index in [0.29, 0.717) is 12.4 Å². The summed E-state index contributed by atoms with van der Waals surface area (Å²) in [5, 5.41) is 11.3. The normalized spacial score (nSPS) is 16.5. The van der Waals surface area contributed by atoms with Crippen molar-refractivity contribution in [3.8, 4) is 5.75 Å². The molecule has 0 saturated heterocycles. The molecule has 0 saturated carbocycles. The number of aryl methyl sites for hydroxylation is 2. The lowest BCUT2D eigenvalue weighted by Crippen LogP contribution is -2.27. The Kier molecular flexibility index (Phi) is 4.19. The van der Waals surface area contributed by atoms with Gasteiger partial charge < -0.3 is 14.6 Å². The summed E-state index contributed by atoms with van der Waals surface area (Å²) in [6.45, 7) is 2.12. The van der Waals surface area contributed by atoms with Crippen LogP contribution >= 0.6 is 0 Å². The van der Waals surface area contributed by atoms with Gasteiger partial charge in [0.05, 0.1) is 6.61 Å². The van der Waals surface area contributed by atoms with E-state index in [9.17, 15) is 4.79 Å². The van der Waals surface area contributed by atoms with Gasteiger partial charge in [-0.2, -0.15) is 0 Å². The number of nitrogens with zero attached hydrogens (tertiary/aromatic N) is 3. The van der Waals surface area contributed by atoms with Gasteiger partial charge in [-0.25, -0.2) is 0 Å². The quantitative estimate of drug-likeness (QED) is 0.939. The zero-order valence-corrected chi connectivity index (χ0v) is 13.8. The van der Waals surface area contributed by atoms with Crippen molar-refractivity contribution >= 4 is 5.91 Å². The topological polar surface area (TPSA) is 69.0 Å². The van der Waals surface area contributed by atoms with Gasteiger partial charge in [-0.15, -0.1) is 10.2 Å². The Bertz CT molecular complexity index is 753. The van der Waals surface area contributed by atoms with Gasteiger partial charge >= 0.3 is 0 Å². The fraction of sp³-hybridized carbons (Fsp3) is 0.500. The Morgan fingerprint density at radius 3 is 3.08 bits per heavy atom. The Morgan fingerprint density at radius 1 is 1.17 bits per heavy atom. The number of hydrogen-bond donors (Lipinski definition) is 1. The first-order valence-electron chi connectivity index (χ1n) is 8.76. The van der Waals surface area contributed by atoms with Crippen LogP contribution in [0.15, 0.2) is 18.2 Å². The zero-order valence-electron chi connectivity index (χ0n) is 13.8. The van der Waals surface area contributed by atoms with E-state index in [1.165, 1.54) is 12.0 Å². The van der Waals surface area contributed by atoms with Crippen molar-refractivity contribution in [2.45, 2.75) is 51.6 Å². The maximum atomic E-state index is 12.5. The summed E-state index contributed by atoms with van der Waals surface area (Å²) in [6.07, 6.45) is 6.38. The molecule has 0 bridgehead atoms. The van der Waals surface area contributed by atoms with Gasteiger partial charge in [0.15, 0.2) is 0 Å². The molecule has 2 aliphatic heterocycles. The summed E-state index contributed by atoms with van der Waals surface area (Å²) < 4.78 is 7.60. The highest BCUT2D eigenvalue weighted by atomic mass is 16.5. The van der Waals surface area contributed by atoms with Crippen LogP contribution in [0.2, 0.25) is 0 Å². The monoisotopic (exact) mass is 326 g/mol. The molecule has 4 rings (SSSR count). The van der Waals surface area contributed by atoms with Crippen LogP contribution in [0.5, 0.6) is 5.75 Å². The van der Waals surface area contributed by atoms with E-state index in [0.717, 1.165) is 62.4 Å². The van der Waals surface area contributed by atoms with Crippen LogP contribution in [0.1, 0.15) is 53.3 Å². The van der Waals surface area contributed by atoms with Crippen LogP contribution in [0.3, 0.4) is 0 Å². The van der Waals surface area contributed by atoms with Gasteiger partial charge in [0.2, 0.25) is 5.82 Å². The molecule has 6 heteroatoms. The molecule has 1 aromatic heterocycles. The lowest BCUT2D eigenvalue weighted by Gasteiger charge is -2.18. The van der Waals surface area contributed by atoms with Gasteiger partial charge in [-0.3, -0.25) is 4.79 Å². The molecule has 1 aromatic carbocycles. The second-order valence-electron chi connectivity index (χ2n) is 6.48. The van der Waals surface area contributed by atoms with Gasteiger partial charge in [-0.1, -0.05) is 18.6 Å². The summed E-state index contributed by atoms with van der Waals surface area (Å²) in [7, 11) is 0. The minimum Gasteiger partial charge on any atom is -0.493 e. The fourth-order valence-electron chi connectivity index (χ4n) is 3.44. The van der Waals surface area contributed by atoms with Crippen molar-refractivity contribution in [3.63, 3.8) is 0 Å². The minimum atomic E-state index is -0.148. The molecule has 0 aliphatic carbocycles. The number of fused-ring (bicyclic) bond motifs is 2. The molecule has 2 aliphatic rings. The molecular weight excluding hydrogens is 304 g/mol. The number of benzene rings is 1. The number of ether oxygens (including phenoxy) is 1. The highest BCUT2D eigenvalue weighted by molar-refractivity contribution is 5.90. The Morgan fingerprint density at radius 2 is 2.12 bits per heavy atom. The highest BCUT2D eigenvalue weighted by Crippen LogP contribution is 2.25. The standard InChI is InChI=1S/C18H22N4O2/c23-18(17-21-20-16-6-2-1-3-9-22(16)17)19-12-13-7-8-15-14(11-13)5-4-10-24-15/h7-8,11H,1-6,9-10,12H2,(H,19,23). The number of rotatable bonds is 3. The van der Waals surface area contributed by atoms with E-state index in [4.69, 9.17) is 4.74 Å². The Hall–Kier alpha value is -2.37. The minimum absolute atomic E-state index is 0.148. The summed E-state index contributed by atoms with van der Waals surface area (Å²) in [6, 6.07) is 6.13. The first kappa shape index (κ1) is 15.2. The first-order chi connectivity index (χ1) is 11.8. The van der Waals surface area contributed by atoms with Crippen molar-refractivity contribution in [3.05, 3.63) is 41.0 Å². The van der Waals surface area contributed by atoms with Crippen molar-refractivity contribution in [1.82, 2.24) is 20.1 Å². The van der Waals surface area contributed by atoms with Crippen LogP contribution in [-0.4, -0.2) is 27.3 Å². The lowest BCUT2D eigenvalue weighted by atomic mass is 10.0. The zero-order chi connectivity index (χ0) is 16.4. The molecule has 24 heavy (non-hydrogen) atoms. The Labute approximate surface area is 141 Å². The molecular formula is C18H22N4O2. The largest absolute Gasteiger partial charge is 0.493 e. The third-order valence-electron chi connectivity index (χ3n) is 4.74. The van der Waals surface area contributed by atoms with E-state index in [2.05, 4.69) is 21.6 Å². The van der Waals surface area contributed by atoms with Crippen molar-refractivity contribution < 1.29 is 9.53 Å². The number of aromatic nitrogens is 3. The second kappa shape index (κ2) is 6.63. The SMILES string of the molecule is O=C(NCc1ccc2c(c1)CCCO2)c1nnc2n1CCCCC2. The number of carbonyl (C=O) groups is 1. The average Bonchev–Trinajstić information content (AvgIpc) is 2.88. The summed E-state index contributed by atoms with van der Waals surface area (Å²) in [5.74, 6) is 2.19. The number of hydrogen-bond acceptors (Lipinski definition) is 4. The maximum Gasteiger partial charge on any atom is 0.289 e. The number of carbonyl (C=O) groups excluding carboxylic acids is 1. The predicted molar refractivity (Wildman–Crippen MR) is 89.0 cm³/mol. The maximum absolute atomic E-state index is 12.5. The van der Waals surface area contributed by atoms with Gasteiger partial charge in [0.1, 0.15) is 11.6 Å². The molecule has 0 radical (unpaired) electrons. The lowest BCUT2D eigenvalue weighted by molar-refractivity contribution is 0.0935. The van der Waals surface area contributed by atoms with Gasteiger partial charge in [-0.05, 0) is 42.9 Å². The van der Waals surface area contributed by atoms with E-state index < -0.39 is 0 Å². The molecule has 0 atom stereocenters. The van der Waals surface area contributed by atoms with Crippen LogP contribution in [0.4, 0.5) is 0 Å². The van der Waals surface area contributed by atoms with Crippen molar-refractivity contribution in [2.24, 2.45) is 0 Å². The number of amides is 1. The Balaban J connectivity index is 1.44. The van der Waals surface area contributed by atoms with Crippen LogP contribution in [-0.2, 0) is 25.9 Å². The summed E-state index contributed by atoms with van der Waals surface area (Å²) in [5.41, 5.74) is 2.31. The van der Waals surface area contributed by atoms with Gasteiger partial charge in [0, 0.05) is 19.5 Å². The van der Waals surface area contributed by atoms with Crippen molar-refractivity contribution in [2.75, 3.05) is 6.61 Å². The van der Waals surface area contributed by atoms with Crippen molar-refractivity contribution in [1.29, 1.82) is 0 Å². The summed E-state index contributed by atoms with van der Waals surface area (Å²) in [4.78, 5) is 12.5. The third kappa shape index (κ3) is 3.00. The van der Waals surface area contributed by atoms with Crippen LogP contribution in [0, 0.1) is 0 Å². The molecule has 6 nitrogen and oxygen atoms in total. The second-order valence-corrected chi connectivity index (χ2v) is 6.48. The van der Waals surface area contributed by atoms with Gasteiger partial charge in [0.25, 0.3) is 5.91 Å². The molecule has 0 unspecified atom stereocenters. The van der Waals surface area contributed by atoms with Crippen LogP contribution in [0.25, 0.3) is 0 Å². The smallest absolute Gasteiger partial charge is 0.289 e. The molecule has 0 spiro atoms. The fourth-order valence-corrected chi connectivity index (χ4v) is 3.44. The average molecular weight is 326 g/mol. The molecule has 126 valence electrons. The highest BCUT2D eigenvalue weighted by Gasteiger charge is 2.20. The van der Waals surface area contributed by atoms with E-state index >= 15 is 0 Å². The van der Waals surface area contributed by atoms with E-state index in [1.807, 2.05) is 16.7 Å². The predicted octanol–water partition coefficient (Wildman–Crippen LogP) is 2.26. The number of nitrogens with one attached hydrogen (secondary N) is 1. The molecule has 1 N–H and O–H groups in total. The molecule has 1 amide bonds. The molecule has 3 heterocycles. The molecule has 2 aromatic rings. The summed E-state index contributed by atoms with van der Waals surface area (Å²) >= 11 is 0. The first-order valence-corrected chi connectivity index (χ1v) is 8.76. The van der Waals surface area contributed by atoms with Crippen LogP contribution < -0.4 is 10.1 Å². The van der Waals surface area contributed by atoms with E-state index in [1.54, 1.807) is 0 Å². The molecule has 0 fully saturated rings.